The molecule has 0 bridgehead atoms. The fraction of sp³-hybridized carbons (Fsp3) is 0.222. The molecule has 0 spiro atoms. The van der Waals surface area contributed by atoms with Gasteiger partial charge in [0.15, 0.2) is 0 Å². The van der Waals surface area contributed by atoms with Crippen molar-refractivity contribution in [3.05, 3.63) is 65.7 Å². The van der Waals surface area contributed by atoms with Crippen molar-refractivity contribution in [2.24, 2.45) is 0 Å². The third kappa shape index (κ3) is 4.17. The Balaban J connectivity index is 2.07. The van der Waals surface area contributed by atoms with Gasteiger partial charge in [-0.15, -0.1) is 0 Å². The second kappa shape index (κ2) is 7.56. The zero-order valence-electron chi connectivity index (χ0n) is 13.2. The lowest BCUT2D eigenvalue weighted by Crippen LogP contribution is -2.37. The highest BCUT2D eigenvalue weighted by molar-refractivity contribution is 6.05. The molecule has 2 rings (SSSR count). The summed E-state index contributed by atoms with van der Waals surface area (Å²) in [6.45, 7) is 1.67. The van der Waals surface area contributed by atoms with Gasteiger partial charge in [-0.1, -0.05) is 18.2 Å². The van der Waals surface area contributed by atoms with Crippen LogP contribution in [0.2, 0.25) is 0 Å². The fourth-order valence-electron chi connectivity index (χ4n) is 2.02. The highest BCUT2D eigenvalue weighted by Gasteiger charge is 2.17. The Morgan fingerprint density at radius 3 is 2.17 bits per heavy atom. The van der Waals surface area contributed by atoms with Crippen LogP contribution in [0.25, 0.3) is 0 Å². The van der Waals surface area contributed by atoms with Crippen LogP contribution in [0.4, 0.5) is 5.69 Å². The summed E-state index contributed by atoms with van der Waals surface area (Å²) < 4.78 is 0. The van der Waals surface area contributed by atoms with Crippen molar-refractivity contribution in [2.45, 2.75) is 13.0 Å². The summed E-state index contributed by atoms with van der Waals surface area (Å²) in [6, 6.07) is 15.4. The number of nitrogens with one attached hydrogen (secondary N) is 1. The van der Waals surface area contributed by atoms with Gasteiger partial charge in [0.05, 0.1) is 12.6 Å². The van der Waals surface area contributed by atoms with Crippen LogP contribution >= 0.6 is 0 Å². The largest absolute Gasteiger partial charge is 0.394 e. The lowest BCUT2D eigenvalue weighted by atomic mass is 10.1. The Hall–Kier alpha value is -2.66. The maximum absolute atomic E-state index is 12.2. The molecule has 0 saturated heterocycles. The predicted octanol–water partition coefficient (Wildman–Crippen LogP) is 2.39. The van der Waals surface area contributed by atoms with Crippen LogP contribution in [0.3, 0.4) is 0 Å². The van der Waals surface area contributed by atoms with Gasteiger partial charge in [0.2, 0.25) is 0 Å². The lowest BCUT2D eigenvalue weighted by molar-refractivity contribution is 0.0682. The second-order valence-electron chi connectivity index (χ2n) is 5.35. The van der Waals surface area contributed by atoms with Gasteiger partial charge in [-0.25, -0.2) is 0 Å². The van der Waals surface area contributed by atoms with E-state index in [1.54, 1.807) is 50.4 Å². The molecule has 0 aromatic heterocycles. The number of rotatable bonds is 5. The molecule has 2 aromatic rings. The maximum atomic E-state index is 12.2. The SMILES string of the molecule is CC(CO)N(C)C(=O)c1ccc(C(=O)Nc2ccccc2)cc1. The summed E-state index contributed by atoms with van der Waals surface area (Å²) in [4.78, 5) is 25.8. The minimum absolute atomic E-state index is 0.0974. The Kier molecular flexibility index (Phi) is 5.49. The molecule has 0 heterocycles. The molecule has 5 nitrogen and oxygen atoms in total. The van der Waals surface area contributed by atoms with Gasteiger partial charge in [0.1, 0.15) is 0 Å². The second-order valence-corrected chi connectivity index (χ2v) is 5.35. The molecule has 0 fully saturated rings. The average Bonchev–Trinajstić information content (AvgIpc) is 2.60. The molecule has 0 saturated carbocycles. The number of aliphatic hydroxyl groups is 1. The lowest BCUT2D eigenvalue weighted by Gasteiger charge is -2.23. The molecule has 0 aliphatic heterocycles. The van der Waals surface area contributed by atoms with E-state index in [0.717, 1.165) is 0 Å². The number of nitrogens with zero attached hydrogens (tertiary/aromatic N) is 1. The summed E-state index contributed by atoms with van der Waals surface area (Å²) in [6.07, 6.45) is 0. The number of likely N-dealkylation sites (N-methyl/N-ethyl adjacent to an activating group) is 1. The van der Waals surface area contributed by atoms with E-state index in [4.69, 9.17) is 5.11 Å². The van der Waals surface area contributed by atoms with Crippen molar-refractivity contribution in [3.63, 3.8) is 0 Å². The van der Waals surface area contributed by atoms with Gasteiger partial charge in [0.25, 0.3) is 11.8 Å². The van der Waals surface area contributed by atoms with E-state index in [1.165, 1.54) is 4.90 Å². The van der Waals surface area contributed by atoms with Crippen LogP contribution in [-0.4, -0.2) is 41.5 Å². The first-order valence-electron chi connectivity index (χ1n) is 7.37. The molecular weight excluding hydrogens is 292 g/mol. The number of anilines is 1. The van der Waals surface area contributed by atoms with Crippen LogP contribution < -0.4 is 5.32 Å². The number of carbonyl (C=O) groups is 2. The molecule has 1 unspecified atom stereocenters. The van der Waals surface area contributed by atoms with E-state index < -0.39 is 0 Å². The highest BCUT2D eigenvalue weighted by atomic mass is 16.3. The van der Waals surface area contributed by atoms with Crippen molar-refractivity contribution in [2.75, 3.05) is 19.0 Å². The summed E-state index contributed by atoms with van der Waals surface area (Å²) in [7, 11) is 1.64. The topological polar surface area (TPSA) is 69.6 Å². The predicted molar refractivity (Wildman–Crippen MR) is 89.5 cm³/mol. The standard InChI is InChI=1S/C18H20N2O3/c1-13(12-21)20(2)18(23)15-10-8-14(9-11-15)17(22)19-16-6-4-3-5-7-16/h3-11,13,21H,12H2,1-2H3,(H,19,22). The van der Waals surface area contributed by atoms with Crippen LogP contribution in [-0.2, 0) is 0 Å². The fourth-order valence-corrected chi connectivity index (χ4v) is 2.02. The molecule has 1 atom stereocenters. The number of aliphatic hydroxyl groups excluding tert-OH is 1. The van der Waals surface area contributed by atoms with Crippen LogP contribution in [0.1, 0.15) is 27.6 Å². The molecule has 2 N–H and O–H groups in total. The number of hydrogen-bond acceptors (Lipinski definition) is 3. The van der Waals surface area contributed by atoms with E-state index in [-0.39, 0.29) is 24.5 Å². The maximum Gasteiger partial charge on any atom is 0.255 e. The Labute approximate surface area is 135 Å². The van der Waals surface area contributed by atoms with Crippen molar-refractivity contribution < 1.29 is 14.7 Å². The van der Waals surface area contributed by atoms with Crippen molar-refractivity contribution in [1.29, 1.82) is 0 Å². The van der Waals surface area contributed by atoms with Gasteiger partial charge in [-0.3, -0.25) is 9.59 Å². The van der Waals surface area contributed by atoms with Crippen LogP contribution in [0.5, 0.6) is 0 Å². The van der Waals surface area contributed by atoms with E-state index in [1.807, 2.05) is 18.2 Å². The van der Waals surface area contributed by atoms with E-state index in [2.05, 4.69) is 5.32 Å². The third-order valence-electron chi connectivity index (χ3n) is 3.67. The van der Waals surface area contributed by atoms with Crippen molar-refractivity contribution in [1.82, 2.24) is 4.90 Å². The number of para-hydroxylation sites is 1. The summed E-state index contributed by atoms with van der Waals surface area (Å²) in [5.41, 5.74) is 1.67. The van der Waals surface area contributed by atoms with E-state index in [0.29, 0.717) is 16.8 Å². The molecule has 0 aliphatic carbocycles. The van der Waals surface area contributed by atoms with Crippen LogP contribution in [0, 0.1) is 0 Å². The number of carbonyl (C=O) groups excluding carboxylic acids is 2. The summed E-state index contributed by atoms with van der Waals surface area (Å²) >= 11 is 0. The molecule has 23 heavy (non-hydrogen) atoms. The highest BCUT2D eigenvalue weighted by Crippen LogP contribution is 2.12. The molecule has 0 radical (unpaired) electrons. The first-order chi connectivity index (χ1) is 11.0. The Morgan fingerprint density at radius 1 is 1.04 bits per heavy atom. The summed E-state index contributed by atoms with van der Waals surface area (Å²) in [5, 5.41) is 11.9. The van der Waals surface area contributed by atoms with Crippen molar-refractivity contribution >= 4 is 17.5 Å². The van der Waals surface area contributed by atoms with Gasteiger partial charge >= 0.3 is 0 Å². The molecule has 2 amide bonds. The van der Waals surface area contributed by atoms with Crippen LogP contribution in [0.15, 0.2) is 54.6 Å². The molecule has 2 aromatic carbocycles. The Morgan fingerprint density at radius 2 is 1.61 bits per heavy atom. The zero-order chi connectivity index (χ0) is 16.8. The monoisotopic (exact) mass is 312 g/mol. The minimum Gasteiger partial charge on any atom is -0.394 e. The molecular formula is C18H20N2O3. The molecule has 0 aliphatic rings. The van der Waals surface area contributed by atoms with Gasteiger partial charge < -0.3 is 15.3 Å². The Bertz CT molecular complexity index is 668. The van der Waals surface area contributed by atoms with Gasteiger partial charge in [-0.05, 0) is 43.3 Å². The first-order valence-corrected chi connectivity index (χ1v) is 7.37. The number of benzene rings is 2. The van der Waals surface area contributed by atoms with E-state index >= 15 is 0 Å². The zero-order valence-corrected chi connectivity index (χ0v) is 13.2. The molecule has 120 valence electrons. The average molecular weight is 312 g/mol. The van der Waals surface area contributed by atoms with Crippen molar-refractivity contribution in [3.8, 4) is 0 Å². The number of hydrogen-bond donors (Lipinski definition) is 2. The van der Waals surface area contributed by atoms with Gasteiger partial charge in [0, 0.05) is 23.9 Å². The quantitative estimate of drug-likeness (QED) is 0.890. The number of amides is 2. The smallest absolute Gasteiger partial charge is 0.255 e. The minimum atomic E-state index is -0.261. The third-order valence-corrected chi connectivity index (χ3v) is 3.67. The molecule has 5 heteroatoms. The first kappa shape index (κ1) is 16.7. The normalized spacial score (nSPS) is 11.6. The van der Waals surface area contributed by atoms with E-state index in [9.17, 15) is 9.59 Å². The van der Waals surface area contributed by atoms with Gasteiger partial charge in [-0.2, -0.15) is 0 Å². The summed E-state index contributed by atoms with van der Waals surface area (Å²) in [5.74, 6) is -0.422.